The fourth-order valence-electron chi connectivity index (χ4n) is 2.55. The van der Waals surface area contributed by atoms with Crippen molar-refractivity contribution in [3.63, 3.8) is 0 Å². The molecule has 0 aromatic heterocycles. The molecule has 0 saturated heterocycles. The van der Waals surface area contributed by atoms with Gasteiger partial charge in [0, 0.05) is 6.92 Å². The lowest BCUT2D eigenvalue weighted by atomic mass is 9.98. The van der Waals surface area contributed by atoms with Crippen molar-refractivity contribution in [3.05, 3.63) is 34.9 Å². The summed E-state index contributed by atoms with van der Waals surface area (Å²) in [6.07, 6.45) is -9.74. The average Bonchev–Trinajstić information content (AvgIpc) is 2.87. The Labute approximate surface area is 178 Å². The van der Waals surface area contributed by atoms with Gasteiger partial charge in [-0.05, 0) is 26.3 Å². The van der Waals surface area contributed by atoms with Crippen molar-refractivity contribution in [2.24, 2.45) is 0 Å². The van der Waals surface area contributed by atoms with Crippen LogP contribution in [0.5, 0.6) is 0 Å². The Kier molecular flexibility index (Phi) is 8.80. The Morgan fingerprint density at radius 2 is 1.59 bits per heavy atom. The van der Waals surface area contributed by atoms with Gasteiger partial charge in [-0.3, -0.25) is 14.4 Å². The number of carbonyl (C=O) groups excluding carboxylic acids is 4. The van der Waals surface area contributed by atoms with E-state index in [0.29, 0.717) is 6.08 Å². The topological polar surface area (TPSA) is 102 Å². The summed E-state index contributed by atoms with van der Waals surface area (Å²) in [6.45, 7) is 2.42. The predicted octanol–water partition coefficient (Wildman–Crippen LogP) is 2.44. The standard InChI is InChI=1S/C19H20F6N2O5/c1-9(27-16(30)10(2)26-11(3)28)14(29)8-32-17(31)15-12(18(20,21)22)6-4-5-7-13(15)19(23,24)25/h4-6,9-10H,7-8H2,1-3H3,(H,26,28)(H,27,30)/t9-,10-/m0/s1. The van der Waals surface area contributed by atoms with Gasteiger partial charge in [-0.1, -0.05) is 12.2 Å². The first-order chi connectivity index (χ1) is 14.6. The molecule has 32 heavy (non-hydrogen) atoms. The third-order valence-electron chi connectivity index (χ3n) is 4.14. The van der Waals surface area contributed by atoms with Crippen LogP contribution in [0.25, 0.3) is 0 Å². The Morgan fingerprint density at radius 1 is 1.00 bits per heavy atom. The quantitative estimate of drug-likeness (QED) is 0.440. The maximum atomic E-state index is 13.3. The first-order valence-electron chi connectivity index (χ1n) is 9.07. The normalized spacial score (nSPS) is 16.5. The van der Waals surface area contributed by atoms with Crippen molar-refractivity contribution in [2.45, 2.75) is 51.6 Å². The lowest BCUT2D eigenvalue weighted by Crippen LogP contribution is -2.49. The van der Waals surface area contributed by atoms with Gasteiger partial charge in [-0.2, -0.15) is 26.3 Å². The highest BCUT2D eigenvalue weighted by atomic mass is 19.4. The van der Waals surface area contributed by atoms with E-state index in [9.17, 15) is 45.5 Å². The van der Waals surface area contributed by atoms with Gasteiger partial charge in [-0.25, -0.2) is 4.79 Å². The van der Waals surface area contributed by atoms with Crippen molar-refractivity contribution < 1.29 is 50.3 Å². The first kappa shape index (κ1) is 26.9. The van der Waals surface area contributed by atoms with Crippen molar-refractivity contribution in [3.8, 4) is 0 Å². The number of nitrogens with one attached hydrogen (secondary N) is 2. The highest BCUT2D eigenvalue weighted by Crippen LogP contribution is 2.41. The summed E-state index contributed by atoms with van der Waals surface area (Å²) in [6, 6.07) is -2.33. The molecule has 178 valence electrons. The Balaban J connectivity index is 3.00. The fraction of sp³-hybridized carbons (Fsp3) is 0.474. The summed E-state index contributed by atoms with van der Waals surface area (Å²) >= 11 is 0. The molecule has 1 rings (SSSR count). The van der Waals surface area contributed by atoms with E-state index in [1.54, 1.807) is 0 Å². The van der Waals surface area contributed by atoms with E-state index >= 15 is 0 Å². The van der Waals surface area contributed by atoms with E-state index in [4.69, 9.17) is 0 Å². The van der Waals surface area contributed by atoms with Gasteiger partial charge in [0.2, 0.25) is 11.8 Å². The highest BCUT2D eigenvalue weighted by Gasteiger charge is 2.46. The molecule has 0 saturated carbocycles. The minimum absolute atomic E-state index is 0.309. The predicted molar refractivity (Wildman–Crippen MR) is 97.8 cm³/mol. The number of esters is 1. The molecule has 1 aliphatic rings. The van der Waals surface area contributed by atoms with E-state index in [0.717, 1.165) is 26.0 Å². The Bertz CT molecular complexity index is 870. The number of Topliss-reactive ketones (excluding diaryl/α,β-unsaturated/α-hetero) is 1. The maximum Gasteiger partial charge on any atom is 0.417 e. The molecule has 0 aromatic rings. The summed E-state index contributed by atoms with van der Waals surface area (Å²) in [7, 11) is 0. The van der Waals surface area contributed by atoms with Crippen molar-refractivity contribution in [1.29, 1.82) is 0 Å². The lowest BCUT2D eigenvalue weighted by molar-refractivity contribution is -0.147. The number of hydrogen-bond acceptors (Lipinski definition) is 5. The third-order valence-corrected chi connectivity index (χ3v) is 4.14. The first-order valence-corrected chi connectivity index (χ1v) is 9.07. The molecule has 7 nitrogen and oxygen atoms in total. The molecule has 0 radical (unpaired) electrons. The molecular weight excluding hydrogens is 450 g/mol. The van der Waals surface area contributed by atoms with E-state index in [2.05, 4.69) is 15.4 Å². The SMILES string of the molecule is CC(=O)N[C@@H](C)C(=O)N[C@@H](C)C(=O)COC(=O)C1=C(C(F)(F)F)CC=CC=C1C(F)(F)F. The molecule has 0 bridgehead atoms. The van der Waals surface area contributed by atoms with Gasteiger partial charge in [0.1, 0.15) is 6.04 Å². The number of allylic oxidation sites excluding steroid dienone is 4. The molecule has 1 aliphatic carbocycles. The van der Waals surface area contributed by atoms with Crippen LogP contribution in [0.4, 0.5) is 26.3 Å². The number of rotatable bonds is 7. The fourth-order valence-corrected chi connectivity index (χ4v) is 2.55. The summed E-state index contributed by atoms with van der Waals surface area (Å²) in [5, 5.41) is 4.42. The molecule has 0 fully saturated rings. The van der Waals surface area contributed by atoms with Crippen molar-refractivity contribution >= 4 is 23.6 Å². The summed E-state index contributed by atoms with van der Waals surface area (Å²) in [4.78, 5) is 47.1. The van der Waals surface area contributed by atoms with Crippen LogP contribution in [-0.2, 0) is 23.9 Å². The molecule has 13 heteroatoms. The molecule has 2 atom stereocenters. The third kappa shape index (κ3) is 7.54. The number of ketones is 1. The minimum atomic E-state index is -5.30. The maximum absolute atomic E-state index is 13.3. The number of halogens is 6. The van der Waals surface area contributed by atoms with Crippen molar-refractivity contribution in [1.82, 2.24) is 10.6 Å². The van der Waals surface area contributed by atoms with Gasteiger partial charge in [0.05, 0.1) is 22.8 Å². The second-order valence-corrected chi connectivity index (χ2v) is 6.76. The van der Waals surface area contributed by atoms with Crippen LogP contribution < -0.4 is 10.6 Å². The van der Waals surface area contributed by atoms with Gasteiger partial charge < -0.3 is 15.4 Å². The highest BCUT2D eigenvalue weighted by molar-refractivity contribution is 5.98. The Morgan fingerprint density at radius 3 is 2.09 bits per heavy atom. The molecule has 0 aliphatic heterocycles. The smallest absolute Gasteiger partial charge is 0.417 e. The second-order valence-electron chi connectivity index (χ2n) is 6.76. The van der Waals surface area contributed by atoms with E-state index in [-0.39, 0.29) is 0 Å². The molecule has 0 unspecified atom stereocenters. The monoisotopic (exact) mass is 470 g/mol. The van der Waals surface area contributed by atoms with Crippen LogP contribution in [-0.4, -0.2) is 54.6 Å². The van der Waals surface area contributed by atoms with Crippen LogP contribution in [0.3, 0.4) is 0 Å². The molecular formula is C19H20F6N2O5. The van der Waals surface area contributed by atoms with Gasteiger partial charge in [-0.15, -0.1) is 0 Å². The zero-order chi connectivity index (χ0) is 24.9. The minimum Gasteiger partial charge on any atom is -0.454 e. The van der Waals surface area contributed by atoms with E-state index in [1.807, 2.05) is 0 Å². The molecule has 2 amide bonds. The molecule has 0 spiro atoms. The number of hydrogen-bond donors (Lipinski definition) is 2. The Hall–Kier alpha value is -3.12. The number of amides is 2. The average molecular weight is 470 g/mol. The lowest BCUT2D eigenvalue weighted by Gasteiger charge is -2.20. The number of carbonyl (C=O) groups is 4. The summed E-state index contributed by atoms with van der Waals surface area (Å²) in [5.74, 6) is -4.30. The van der Waals surface area contributed by atoms with Gasteiger partial charge in [0.15, 0.2) is 12.4 Å². The zero-order valence-electron chi connectivity index (χ0n) is 17.1. The second kappa shape index (κ2) is 10.5. The summed E-state index contributed by atoms with van der Waals surface area (Å²) < 4.78 is 84.1. The molecule has 0 heterocycles. The molecule has 0 aromatic carbocycles. The van der Waals surface area contributed by atoms with Crippen LogP contribution in [0.15, 0.2) is 34.9 Å². The summed E-state index contributed by atoms with van der Waals surface area (Å²) in [5.41, 5.74) is -5.36. The zero-order valence-corrected chi connectivity index (χ0v) is 17.1. The number of alkyl halides is 6. The number of ether oxygens (including phenoxy) is 1. The van der Waals surface area contributed by atoms with Crippen LogP contribution in [0.2, 0.25) is 0 Å². The van der Waals surface area contributed by atoms with Gasteiger partial charge in [0.25, 0.3) is 0 Å². The molecule has 2 N–H and O–H groups in total. The van der Waals surface area contributed by atoms with Crippen molar-refractivity contribution in [2.75, 3.05) is 6.61 Å². The van der Waals surface area contributed by atoms with Crippen LogP contribution >= 0.6 is 0 Å². The largest absolute Gasteiger partial charge is 0.454 e. The van der Waals surface area contributed by atoms with E-state index in [1.165, 1.54) is 6.92 Å². The van der Waals surface area contributed by atoms with Crippen LogP contribution in [0.1, 0.15) is 27.2 Å². The van der Waals surface area contributed by atoms with Crippen LogP contribution in [0, 0.1) is 0 Å². The van der Waals surface area contributed by atoms with E-state index < -0.39 is 77.8 Å². The van der Waals surface area contributed by atoms with Gasteiger partial charge >= 0.3 is 18.3 Å².